The Bertz CT molecular complexity index is 894. The second kappa shape index (κ2) is 9.36. The minimum atomic E-state index is -0.446. The molecule has 7 nitrogen and oxygen atoms in total. The highest BCUT2D eigenvalue weighted by molar-refractivity contribution is 5.94. The monoisotopic (exact) mass is 408 g/mol. The summed E-state index contributed by atoms with van der Waals surface area (Å²) >= 11 is 0. The minimum Gasteiger partial charge on any atom is -0.379 e. The van der Waals surface area contributed by atoms with Crippen molar-refractivity contribution in [1.29, 1.82) is 0 Å². The molecule has 0 radical (unpaired) electrons. The Morgan fingerprint density at radius 2 is 1.93 bits per heavy atom. The van der Waals surface area contributed by atoms with Crippen molar-refractivity contribution in [3.05, 3.63) is 53.9 Å². The predicted octanol–water partition coefficient (Wildman–Crippen LogP) is 2.23. The van der Waals surface area contributed by atoms with E-state index in [2.05, 4.69) is 9.88 Å². The summed E-state index contributed by atoms with van der Waals surface area (Å²) in [5, 5.41) is 0. The van der Waals surface area contributed by atoms with Crippen molar-refractivity contribution in [2.45, 2.75) is 25.3 Å². The van der Waals surface area contributed by atoms with Crippen LogP contribution in [0.3, 0.4) is 0 Å². The highest BCUT2D eigenvalue weighted by Gasteiger charge is 2.30. The van der Waals surface area contributed by atoms with Crippen LogP contribution >= 0.6 is 0 Å². The van der Waals surface area contributed by atoms with E-state index in [0.717, 1.165) is 69.1 Å². The van der Waals surface area contributed by atoms with Crippen molar-refractivity contribution in [3.63, 3.8) is 0 Å². The van der Waals surface area contributed by atoms with Crippen LogP contribution in [0.15, 0.2) is 42.6 Å². The van der Waals surface area contributed by atoms with E-state index in [1.807, 2.05) is 35.4 Å². The first-order chi connectivity index (χ1) is 14.6. The van der Waals surface area contributed by atoms with Crippen LogP contribution in [0.5, 0.6) is 0 Å². The molecule has 2 N–H and O–H groups in total. The van der Waals surface area contributed by atoms with Gasteiger partial charge >= 0.3 is 0 Å². The van der Waals surface area contributed by atoms with Crippen LogP contribution in [0.1, 0.15) is 41.4 Å². The zero-order valence-electron chi connectivity index (χ0n) is 17.1. The molecule has 2 saturated heterocycles. The molecule has 2 aliphatic rings. The number of nitrogens with zero attached hydrogens (tertiary/aromatic N) is 3. The highest BCUT2D eigenvalue weighted by Crippen LogP contribution is 2.32. The quantitative estimate of drug-likeness (QED) is 0.792. The SMILES string of the molecule is NC(=O)c1cccc(-c2ccc(C3CCCN3C(=O)CCN3CCOCC3)nc2)c1. The zero-order valence-corrected chi connectivity index (χ0v) is 17.1. The molecule has 2 amide bonds. The molecule has 4 rings (SSSR count). The molecule has 2 fully saturated rings. The van der Waals surface area contributed by atoms with Gasteiger partial charge in [0.15, 0.2) is 0 Å². The fraction of sp³-hybridized carbons (Fsp3) is 0.435. The van der Waals surface area contributed by atoms with E-state index in [9.17, 15) is 9.59 Å². The molecule has 0 saturated carbocycles. The molecular formula is C23H28N4O3. The number of hydrogen-bond acceptors (Lipinski definition) is 5. The van der Waals surface area contributed by atoms with Gasteiger partial charge in [-0.3, -0.25) is 19.5 Å². The van der Waals surface area contributed by atoms with Crippen LogP contribution < -0.4 is 5.73 Å². The van der Waals surface area contributed by atoms with Gasteiger partial charge in [-0.25, -0.2) is 0 Å². The topological polar surface area (TPSA) is 88.8 Å². The molecule has 2 aromatic rings. The van der Waals surface area contributed by atoms with E-state index >= 15 is 0 Å². The zero-order chi connectivity index (χ0) is 20.9. The summed E-state index contributed by atoms with van der Waals surface area (Å²) in [6.07, 6.45) is 4.28. The number of pyridine rings is 1. The van der Waals surface area contributed by atoms with Gasteiger partial charge in [0.1, 0.15) is 0 Å². The largest absolute Gasteiger partial charge is 0.379 e. The first-order valence-electron chi connectivity index (χ1n) is 10.6. The van der Waals surface area contributed by atoms with Crippen LogP contribution in [-0.2, 0) is 9.53 Å². The molecule has 158 valence electrons. The summed E-state index contributed by atoms with van der Waals surface area (Å²) in [6, 6.07) is 11.2. The number of primary amides is 1. The van der Waals surface area contributed by atoms with E-state index < -0.39 is 5.91 Å². The summed E-state index contributed by atoms with van der Waals surface area (Å²) in [5.41, 5.74) is 8.60. The fourth-order valence-corrected chi connectivity index (χ4v) is 4.22. The maximum Gasteiger partial charge on any atom is 0.248 e. The number of morpholine rings is 1. The summed E-state index contributed by atoms with van der Waals surface area (Å²) in [7, 11) is 0. The molecule has 30 heavy (non-hydrogen) atoms. The van der Waals surface area contributed by atoms with Crippen molar-refractivity contribution >= 4 is 11.8 Å². The maximum absolute atomic E-state index is 12.9. The predicted molar refractivity (Wildman–Crippen MR) is 114 cm³/mol. The fourth-order valence-electron chi connectivity index (χ4n) is 4.22. The Labute approximate surface area is 176 Å². The van der Waals surface area contributed by atoms with Gasteiger partial charge in [-0.05, 0) is 36.6 Å². The van der Waals surface area contributed by atoms with E-state index in [4.69, 9.17) is 10.5 Å². The lowest BCUT2D eigenvalue weighted by Crippen LogP contribution is -2.39. The number of carbonyl (C=O) groups excluding carboxylic acids is 2. The van der Waals surface area contributed by atoms with Gasteiger partial charge in [0.25, 0.3) is 0 Å². The van der Waals surface area contributed by atoms with Crippen LogP contribution in [0.25, 0.3) is 11.1 Å². The van der Waals surface area contributed by atoms with E-state index in [-0.39, 0.29) is 11.9 Å². The number of hydrogen-bond donors (Lipinski definition) is 1. The number of likely N-dealkylation sites (tertiary alicyclic amines) is 1. The Hall–Kier alpha value is -2.77. The van der Waals surface area contributed by atoms with Gasteiger partial charge in [-0.2, -0.15) is 0 Å². The Kier molecular flexibility index (Phi) is 6.40. The van der Waals surface area contributed by atoms with Crippen LogP contribution in [0.4, 0.5) is 0 Å². The van der Waals surface area contributed by atoms with Gasteiger partial charge in [0.2, 0.25) is 11.8 Å². The number of benzene rings is 1. The summed E-state index contributed by atoms with van der Waals surface area (Å²) in [5.74, 6) is -0.248. The molecule has 3 heterocycles. The molecule has 1 aromatic carbocycles. The van der Waals surface area contributed by atoms with Crippen molar-refractivity contribution in [2.75, 3.05) is 39.4 Å². The molecule has 0 aliphatic carbocycles. The molecule has 0 spiro atoms. The lowest BCUT2D eigenvalue weighted by atomic mass is 10.0. The molecule has 0 bridgehead atoms. The number of amides is 2. The molecule has 1 aromatic heterocycles. The molecule has 7 heteroatoms. The number of nitrogens with two attached hydrogens (primary N) is 1. The molecule has 1 unspecified atom stereocenters. The average molecular weight is 409 g/mol. The third-order valence-electron chi connectivity index (χ3n) is 5.93. The van der Waals surface area contributed by atoms with Crippen molar-refractivity contribution in [3.8, 4) is 11.1 Å². The number of carbonyl (C=O) groups is 2. The van der Waals surface area contributed by atoms with Gasteiger partial charge in [-0.15, -0.1) is 0 Å². The third kappa shape index (κ3) is 4.68. The summed E-state index contributed by atoms with van der Waals surface area (Å²) in [6.45, 7) is 4.87. The number of ether oxygens (including phenoxy) is 1. The maximum atomic E-state index is 12.9. The van der Waals surface area contributed by atoms with Gasteiger partial charge in [0.05, 0.1) is 24.9 Å². The first kappa shape index (κ1) is 20.5. The first-order valence-corrected chi connectivity index (χ1v) is 10.6. The van der Waals surface area contributed by atoms with E-state index in [1.165, 1.54) is 0 Å². The van der Waals surface area contributed by atoms with Gasteiger partial charge < -0.3 is 15.4 Å². The Morgan fingerprint density at radius 3 is 2.67 bits per heavy atom. The van der Waals surface area contributed by atoms with Crippen LogP contribution in [0, 0.1) is 0 Å². The van der Waals surface area contributed by atoms with Crippen molar-refractivity contribution in [2.24, 2.45) is 5.73 Å². The summed E-state index contributed by atoms with van der Waals surface area (Å²) < 4.78 is 5.37. The molecular weight excluding hydrogens is 380 g/mol. The Morgan fingerprint density at radius 1 is 1.10 bits per heavy atom. The van der Waals surface area contributed by atoms with Crippen molar-refractivity contribution < 1.29 is 14.3 Å². The smallest absolute Gasteiger partial charge is 0.248 e. The Balaban J connectivity index is 1.42. The second-order valence-electron chi connectivity index (χ2n) is 7.87. The lowest BCUT2D eigenvalue weighted by molar-refractivity contribution is -0.132. The normalized spacial score (nSPS) is 19.7. The third-order valence-corrected chi connectivity index (χ3v) is 5.93. The van der Waals surface area contributed by atoms with Gasteiger partial charge in [0, 0.05) is 49.9 Å². The molecule has 2 aliphatic heterocycles. The van der Waals surface area contributed by atoms with Crippen molar-refractivity contribution in [1.82, 2.24) is 14.8 Å². The van der Waals surface area contributed by atoms with Crippen LogP contribution in [0.2, 0.25) is 0 Å². The summed E-state index contributed by atoms with van der Waals surface area (Å²) in [4.78, 5) is 33.2. The van der Waals surface area contributed by atoms with Gasteiger partial charge in [-0.1, -0.05) is 18.2 Å². The van der Waals surface area contributed by atoms with Crippen LogP contribution in [-0.4, -0.2) is 66.0 Å². The number of aromatic nitrogens is 1. The standard InChI is InChI=1S/C23H28N4O3/c24-23(29)18-4-1-3-17(15-18)19-6-7-20(25-16-19)21-5-2-9-27(21)22(28)8-10-26-11-13-30-14-12-26/h1,3-4,6-7,15-16,21H,2,5,8-14H2,(H2,24,29). The lowest BCUT2D eigenvalue weighted by Gasteiger charge is -2.28. The average Bonchev–Trinajstić information content (AvgIpc) is 3.28. The van der Waals surface area contributed by atoms with E-state index in [0.29, 0.717) is 12.0 Å². The highest BCUT2D eigenvalue weighted by atomic mass is 16.5. The van der Waals surface area contributed by atoms with E-state index in [1.54, 1.807) is 12.1 Å². The number of rotatable bonds is 6. The minimum absolute atomic E-state index is 0.0354. The second-order valence-corrected chi connectivity index (χ2v) is 7.87. The molecule has 1 atom stereocenters.